The Hall–Kier alpha value is -1.39. The minimum absolute atomic E-state index is 0.00605. The zero-order valence-corrected chi connectivity index (χ0v) is 13.6. The minimum Gasteiger partial charge on any atom is -0.368 e. The molecule has 1 N–H and O–H groups in total. The number of nitrogens with zero attached hydrogens (tertiary/aromatic N) is 1. The van der Waals surface area contributed by atoms with Crippen molar-refractivity contribution >= 4 is 11.6 Å². The van der Waals surface area contributed by atoms with Gasteiger partial charge in [0.1, 0.15) is 6.10 Å². The summed E-state index contributed by atoms with van der Waals surface area (Å²) in [6.45, 7) is 8.27. The van der Waals surface area contributed by atoms with Gasteiger partial charge in [-0.05, 0) is 48.9 Å². The molecule has 0 aliphatic carbocycles. The Morgan fingerprint density at radius 2 is 2.27 bits per heavy atom. The highest BCUT2D eigenvalue weighted by atomic mass is 16.5. The summed E-state index contributed by atoms with van der Waals surface area (Å²) in [5.41, 5.74) is 3.58. The van der Waals surface area contributed by atoms with Gasteiger partial charge in [-0.2, -0.15) is 0 Å². The van der Waals surface area contributed by atoms with E-state index in [1.54, 1.807) is 0 Å². The summed E-state index contributed by atoms with van der Waals surface area (Å²) in [4.78, 5) is 14.7. The molecule has 0 spiro atoms. The molecule has 2 heterocycles. The minimum atomic E-state index is -0.269. The first-order valence-corrected chi connectivity index (χ1v) is 8.39. The number of rotatable bonds is 5. The van der Waals surface area contributed by atoms with E-state index in [0.29, 0.717) is 6.61 Å². The molecule has 2 aliphatic heterocycles. The van der Waals surface area contributed by atoms with E-state index in [2.05, 4.69) is 30.1 Å². The number of fused-ring (bicyclic) bond motifs is 1. The first-order valence-electron chi connectivity index (χ1n) is 8.39. The number of nitrogens with one attached hydrogen (secondary N) is 1. The fourth-order valence-corrected chi connectivity index (χ4v) is 3.20. The van der Waals surface area contributed by atoms with Crippen LogP contribution in [0.15, 0.2) is 18.2 Å². The van der Waals surface area contributed by atoms with Crippen LogP contribution in [0.25, 0.3) is 0 Å². The van der Waals surface area contributed by atoms with E-state index in [4.69, 9.17) is 4.74 Å². The molecule has 22 heavy (non-hydrogen) atoms. The van der Waals surface area contributed by atoms with Crippen molar-refractivity contribution in [3.05, 3.63) is 29.3 Å². The van der Waals surface area contributed by atoms with Crippen molar-refractivity contribution in [3.8, 4) is 0 Å². The van der Waals surface area contributed by atoms with Crippen LogP contribution in [0.5, 0.6) is 0 Å². The van der Waals surface area contributed by atoms with Gasteiger partial charge in [0.15, 0.2) is 0 Å². The number of benzene rings is 1. The molecular weight excluding hydrogens is 276 g/mol. The van der Waals surface area contributed by atoms with Gasteiger partial charge in [0, 0.05) is 25.4 Å². The molecule has 0 aromatic heterocycles. The summed E-state index contributed by atoms with van der Waals surface area (Å²) in [6.07, 6.45) is 2.76. The molecule has 1 aromatic carbocycles. The second-order valence-corrected chi connectivity index (χ2v) is 6.83. The van der Waals surface area contributed by atoms with Gasteiger partial charge in [0.2, 0.25) is 0 Å². The molecule has 1 atom stereocenters. The monoisotopic (exact) mass is 302 g/mol. The second kappa shape index (κ2) is 6.80. The van der Waals surface area contributed by atoms with Gasteiger partial charge in [-0.15, -0.1) is 0 Å². The molecule has 0 radical (unpaired) electrons. The van der Waals surface area contributed by atoms with E-state index in [-0.39, 0.29) is 12.0 Å². The van der Waals surface area contributed by atoms with Crippen LogP contribution in [0.1, 0.15) is 44.2 Å². The lowest BCUT2D eigenvalue weighted by Gasteiger charge is -2.16. The largest absolute Gasteiger partial charge is 0.368 e. The molecule has 3 rings (SSSR count). The van der Waals surface area contributed by atoms with Gasteiger partial charge < -0.3 is 10.1 Å². The fourth-order valence-electron chi connectivity index (χ4n) is 3.20. The molecule has 1 amide bonds. The SMILES string of the molecule is CC(C)CCN1Cc2cccc(NC(=O)C3CCCO3)c2C1. The molecule has 4 heteroatoms. The summed E-state index contributed by atoms with van der Waals surface area (Å²) < 4.78 is 5.47. The van der Waals surface area contributed by atoms with Crippen LogP contribution in [-0.2, 0) is 22.6 Å². The van der Waals surface area contributed by atoms with Crippen molar-refractivity contribution in [1.29, 1.82) is 0 Å². The van der Waals surface area contributed by atoms with E-state index < -0.39 is 0 Å². The third kappa shape index (κ3) is 3.50. The van der Waals surface area contributed by atoms with Gasteiger partial charge in [-0.3, -0.25) is 9.69 Å². The summed E-state index contributed by atoms with van der Waals surface area (Å²) >= 11 is 0. The summed E-state index contributed by atoms with van der Waals surface area (Å²) in [5, 5.41) is 3.08. The molecular formula is C18H26N2O2. The number of carbonyl (C=O) groups is 1. The molecule has 1 unspecified atom stereocenters. The average Bonchev–Trinajstić information content (AvgIpc) is 3.14. The zero-order valence-electron chi connectivity index (χ0n) is 13.6. The van der Waals surface area contributed by atoms with Crippen LogP contribution in [-0.4, -0.2) is 30.1 Å². The molecule has 1 fully saturated rings. The molecule has 0 bridgehead atoms. The standard InChI is InChI=1S/C18H26N2O2/c1-13(2)8-9-20-11-14-5-3-6-16(15(14)12-20)19-18(21)17-7-4-10-22-17/h3,5-6,13,17H,4,7-12H2,1-2H3,(H,19,21). The molecule has 4 nitrogen and oxygen atoms in total. The third-order valence-electron chi connectivity index (χ3n) is 4.55. The molecule has 1 saturated heterocycles. The molecule has 1 aromatic rings. The van der Waals surface area contributed by atoms with E-state index in [1.165, 1.54) is 17.5 Å². The predicted molar refractivity (Wildman–Crippen MR) is 87.6 cm³/mol. The fraction of sp³-hybridized carbons (Fsp3) is 0.611. The van der Waals surface area contributed by atoms with Crippen molar-refractivity contribution < 1.29 is 9.53 Å². The summed E-state index contributed by atoms with van der Waals surface area (Å²) in [5.74, 6) is 0.730. The highest BCUT2D eigenvalue weighted by Crippen LogP contribution is 2.30. The van der Waals surface area contributed by atoms with E-state index >= 15 is 0 Å². The Kier molecular flexibility index (Phi) is 4.79. The third-order valence-corrected chi connectivity index (χ3v) is 4.55. The maximum atomic E-state index is 12.3. The van der Waals surface area contributed by atoms with Gasteiger partial charge in [-0.25, -0.2) is 0 Å². The zero-order chi connectivity index (χ0) is 15.5. The Balaban J connectivity index is 1.65. The van der Waals surface area contributed by atoms with Crippen LogP contribution in [0, 0.1) is 5.92 Å². The number of anilines is 1. The van der Waals surface area contributed by atoms with Crippen molar-refractivity contribution in [3.63, 3.8) is 0 Å². The average molecular weight is 302 g/mol. The highest BCUT2D eigenvalue weighted by Gasteiger charge is 2.26. The summed E-state index contributed by atoms with van der Waals surface area (Å²) in [7, 11) is 0. The first-order chi connectivity index (χ1) is 10.6. The maximum Gasteiger partial charge on any atom is 0.253 e. The number of hydrogen-bond donors (Lipinski definition) is 1. The smallest absolute Gasteiger partial charge is 0.253 e. The Morgan fingerprint density at radius 3 is 3.00 bits per heavy atom. The molecule has 2 aliphatic rings. The van der Waals surface area contributed by atoms with E-state index in [1.807, 2.05) is 12.1 Å². The lowest BCUT2D eigenvalue weighted by atomic mass is 10.1. The highest BCUT2D eigenvalue weighted by molar-refractivity contribution is 5.95. The lowest BCUT2D eigenvalue weighted by molar-refractivity contribution is -0.124. The lowest BCUT2D eigenvalue weighted by Crippen LogP contribution is -2.27. The number of hydrogen-bond acceptors (Lipinski definition) is 3. The van der Waals surface area contributed by atoms with Crippen LogP contribution in [0.4, 0.5) is 5.69 Å². The van der Waals surface area contributed by atoms with Crippen molar-refractivity contribution in [2.24, 2.45) is 5.92 Å². The van der Waals surface area contributed by atoms with E-state index in [0.717, 1.165) is 44.1 Å². The first kappa shape index (κ1) is 15.5. The Bertz CT molecular complexity index is 536. The maximum absolute atomic E-state index is 12.3. The predicted octanol–water partition coefficient (Wildman–Crippen LogP) is 3.17. The molecule has 120 valence electrons. The van der Waals surface area contributed by atoms with Crippen molar-refractivity contribution in [1.82, 2.24) is 4.90 Å². The van der Waals surface area contributed by atoms with Crippen LogP contribution in [0.2, 0.25) is 0 Å². The van der Waals surface area contributed by atoms with Crippen LogP contribution < -0.4 is 5.32 Å². The topological polar surface area (TPSA) is 41.6 Å². The van der Waals surface area contributed by atoms with Gasteiger partial charge in [0.25, 0.3) is 5.91 Å². The number of ether oxygens (including phenoxy) is 1. The second-order valence-electron chi connectivity index (χ2n) is 6.83. The Morgan fingerprint density at radius 1 is 1.41 bits per heavy atom. The number of amides is 1. The van der Waals surface area contributed by atoms with Crippen molar-refractivity contribution in [2.75, 3.05) is 18.5 Å². The molecule has 0 saturated carbocycles. The normalized spacial score (nSPS) is 21.3. The van der Waals surface area contributed by atoms with Crippen LogP contribution in [0.3, 0.4) is 0 Å². The Labute approximate surface area is 132 Å². The van der Waals surface area contributed by atoms with E-state index in [9.17, 15) is 4.79 Å². The van der Waals surface area contributed by atoms with Crippen molar-refractivity contribution in [2.45, 2.75) is 52.3 Å². The summed E-state index contributed by atoms with van der Waals surface area (Å²) in [6, 6.07) is 6.22. The van der Waals surface area contributed by atoms with Crippen LogP contribution >= 0.6 is 0 Å². The van der Waals surface area contributed by atoms with Gasteiger partial charge in [-0.1, -0.05) is 26.0 Å². The number of carbonyl (C=O) groups excluding carboxylic acids is 1. The van der Waals surface area contributed by atoms with Gasteiger partial charge in [0.05, 0.1) is 0 Å². The van der Waals surface area contributed by atoms with Gasteiger partial charge >= 0.3 is 0 Å². The quantitative estimate of drug-likeness (QED) is 0.908.